The Morgan fingerprint density at radius 2 is 1.04 bits per heavy atom. The molecule has 28 heavy (non-hydrogen) atoms. The Balaban J connectivity index is 1.82. The maximum Gasteiger partial charge on any atom is 0.361 e. The lowest BCUT2D eigenvalue weighted by molar-refractivity contribution is 0.108. The van der Waals surface area contributed by atoms with Crippen molar-refractivity contribution in [3.8, 4) is 0 Å². The predicted octanol–water partition coefficient (Wildman–Crippen LogP) is 8.34. The van der Waals surface area contributed by atoms with Gasteiger partial charge in [0.25, 0.3) is 0 Å². The molecule has 1 nitrogen and oxygen atoms in total. The second-order valence-corrected chi connectivity index (χ2v) is 10.4. The fraction of sp³-hybridized carbons (Fsp3) is 0.731. The number of hydrogen-bond acceptors (Lipinski definition) is 1. The Labute approximate surface area is 178 Å². The summed E-state index contributed by atoms with van der Waals surface area (Å²) in [5.41, 5.74) is 0.879. The summed E-state index contributed by atoms with van der Waals surface area (Å²) in [6, 6.07) is 9.78. The van der Waals surface area contributed by atoms with Crippen LogP contribution in [0.15, 0.2) is 30.3 Å². The Kier molecular flexibility index (Phi) is 16.5. The highest BCUT2D eigenvalue weighted by Crippen LogP contribution is 2.14. The van der Waals surface area contributed by atoms with Crippen LogP contribution in [0.1, 0.15) is 120 Å². The van der Waals surface area contributed by atoms with Crippen molar-refractivity contribution in [1.29, 1.82) is 0 Å². The molecular formula is C26H45OS+. The molecule has 1 unspecified atom stereocenters. The number of rotatable bonds is 18. The average molecular weight is 406 g/mol. The Morgan fingerprint density at radius 1 is 0.643 bits per heavy atom. The second kappa shape index (κ2) is 18.3. The van der Waals surface area contributed by atoms with E-state index in [0.29, 0.717) is 5.12 Å². The van der Waals surface area contributed by atoms with Gasteiger partial charge in [-0.15, -0.1) is 0 Å². The highest BCUT2D eigenvalue weighted by molar-refractivity contribution is 8.10. The lowest BCUT2D eigenvalue weighted by Gasteiger charge is -2.04. The van der Waals surface area contributed by atoms with Gasteiger partial charge < -0.3 is 0 Å². The molecule has 0 aromatic heterocycles. The minimum absolute atomic E-state index is 0.122. The SMILES string of the molecule is CCCCCCCCCCCCCCCCCC[S+](C)C(=O)c1ccccc1. The topological polar surface area (TPSA) is 17.1 Å². The molecule has 0 aliphatic rings. The van der Waals surface area contributed by atoms with Crippen molar-refractivity contribution in [2.75, 3.05) is 12.0 Å². The fourth-order valence-corrected chi connectivity index (χ4v) is 5.10. The van der Waals surface area contributed by atoms with E-state index in [4.69, 9.17) is 0 Å². The van der Waals surface area contributed by atoms with Gasteiger partial charge in [0, 0.05) is 0 Å². The van der Waals surface area contributed by atoms with Crippen LogP contribution in [0.5, 0.6) is 0 Å². The third-order valence-corrected chi connectivity index (χ3v) is 7.40. The van der Waals surface area contributed by atoms with Crippen molar-refractivity contribution >= 4 is 16.0 Å². The molecule has 0 radical (unpaired) electrons. The van der Waals surface area contributed by atoms with E-state index in [-0.39, 0.29) is 10.9 Å². The first-order valence-electron chi connectivity index (χ1n) is 12.0. The number of unbranched alkanes of at least 4 members (excludes halogenated alkanes) is 15. The third-order valence-electron chi connectivity index (χ3n) is 5.63. The van der Waals surface area contributed by atoms with Gasteiger partial charge in [-0.1, -0.05) is 115 Å². The first-order valence-corrected chi connectivity index (χ1v) is 13.8. The van der Waals surface area contributed by atoms with E-state index in [1.54, 1.807) is 0 Å². The van der Waals surface area contributed by atoms with E-state index in [9.17, 15) is 4.79 Å². The van der Waals surface area contributed by atoms with Gasteiger partial charge in [0.05, 0.1) is 16.5 Å². The van der Waals surface area contributed by atoms with Crippen molar-refractivity contribution in [2.45, 2.75) is 110 Å². The van der Waals surface area contributed by atoms with Crippen LogP contribution in [0.25, 0.3) is 0 Å². The molecule has 1 aromatic carbocycles. The molecule has 0 amide bonds. The minimum atomic E-state index is -0.122. The molecule has 0 fully saturated rings. The quantitative estimate of drug-likeness (QED) is 0.177. The van der Waals surface area contributed by atoms with Crippen LogP contribution in [0.2, 0.25) is 0 Å². The Bertz CT molecular complexity index is 471. The highest BCUT2D eigenvalue weighted by Gasteiger charge is 2.24. The van der Waals surface area contributed by atoms with Gasteiger partial charge in [-0.25, -0.2) is 4.79 Å². The smallest absolute Gasteiger partial charge is 0.232 e. The molecule has 1 atom stereocenters. The van der Waals surface area contributed by atoms with Crippen molar-refractivity contribution in [3.63, 3.8) is 0 Å². The van der Waals surface area contributed by atoms with Gasteiger partial charge in [0.15, 0.2) is 0 Å². The molecule has 0 bridgehead atoms. The monoisotopic (exact) mass is 405 g/mol. The van der Waals surface area contributed by atoms with Gasteiger partial charge in [0.1, 0.15) is 12.0 Å². The fourth-order valence-electron chi connectivity index (χ4n) is 3.73. The van der Waals surface area contributed by atoms with Crippen LogP contribution in [0, 0.1) is 0 Å². The third kappa shape index (κ3) is 13.4. The van der Waals surface area contributed by atoms with Gasteiger partial charge in [0.2, 0.25) is 0 Å². The lowest BCUT2D eigenvalue weighted by Crippen LogP contribution is -2.17. The molecule has 0 N–H and O–H groups in total. The summed E-state index contributed by atoms with van der Waals surface area (Å²) >= 11 is 0. The van der Waals surface area contributed by atoms with Crippen LogP contribution < -0.4 is 0 Å². The summed E-state index contributed by atoms with van der Waals surface area (Å²) in [5.74, 6) is 1.06. The summed E-state index contributed by atoms with van der Waals surface area (Å²) in [4.78, 5) is 12.3. The molecule has 160 valence electrons. The van der Waals surface area contributed by atoms with Crippen molar-refractivity contribution < 1.29 is 4.79 Å². The average Bonchev–Trinajstić information content (AvgIpc) is 2.73. The lowest BCUT2D eigenvalue weighted by atomic mass is 10.0. The van der Waals surface area contributed by atoms with Gasteiger partial charge in [-0.3, -0.25) is 0 Å². The van der Waals surface area contributed by atoms with Crippen LogP contribution in [-0.4, -0.2) is 17.1 Å². The number of benzene rings is 1. The zero-order chi connectivity index (χ0) is 20.3. The van der Waals surface area contributed by atoms with Crippen LogP contribution in [0.3, 0.4) is 0 Å². The minimum Gasteiger partial charge on any atom is -0.232 e. The van der Waals surface area contributed by atoms with E-state index in [1.807, 2.05) is 30.3 Å². The highest BCUT2D eigenvalue weighted by atomic mass is 32.2. The van der Waals surface area contributed by atoms with Crippen LogP contribution in [0.4, 0.5) is 0 Å². The molecular weight excluding hydrogens is 360 g/mol. The standard InChI is InChI=1S/C26H45OS/c1-3-4-5-6-7-8-9-10-11-12-13-14-15-16-17-21-24-28(2)26(27)25-22-19-18-20-23-25/h18-20,22-23H,3-17,21,24H2,1-2H3/q+1. The maximum absolute atomic E-state index is 12.3. The molecule has 0 saturated carbocycles. The summed E-state index contributed by atoms with van der Waals surface area (Å²) < 4.78 is 0. The van der Waals surface area contributed by atoms with Crippen molar-refractivity contribution in [2.24, 2.45) is 0 Å². The summed E-state index contributed by atoms with van der Waals surface area (Å²) in [6.07, 6.45) is 24.5. The zero-order valence-corrected chi connectivity index (χ0v) is 19.5. The number of hydrogen-bond donors (Lipinski definition) is 0. The zero-order valence-electron chi connectivity index (χ0n) is 18.7. The number of carbonyl (C=O) groups is 1. The van der Waals surface area contributed by atoms with E-state index in [2.05, 4.69) is 13.2 Å². The predicted molar refractivity (Wildman–Crippen MR) is 128 cm³/mol. The molecule has 1 rings (SSSR count). The Hall–Kier alpha value is -0.760. The summed E-state index contributed by atoms with van der Waals surface area (Å²) in [7, 11) is -0.122. The van der Waals surface area contributed by atoms with E-state index in [0.717, 1.165) is 11.3 Å². The molecule has 0 saturated heterocycles. The molecule has 1 aromatic rings. The molecule has 2 heteroatoms. The second-order valence-electron chi connectivity index (χ2n) is 8.30. The first kappa shape index (κ1) is 25.3. The summed E-state index contributed by atoms with van der Waals surface area (Å²) in [5, 5.41) is 0.335. The van der Waals surface area contributed by atoms with Crippen LogP contribution >= 0.6 is 0 Å². The van der Waals surface area contributed by atoms with Crippen molar-refractivity contribution in [1.82, 2.24) is 0 Å². The first-order chi connectivity index (χ1) is 13.8. The molecule has 0 aliphatic heterocycles. The molecule has 0 aliphatic carbocycles. The maximum atomic E-state index is 12.3. The number of carbonyl (C=O) groups excluding carboxylic acids is 1. The van der Waals surface area contributed by atoms with E-state index < -0.39 is 0 Å². The summed E-state index contributed by atoms with van der Waals surface area (Å²) in [6.45, 7) is 2.29. The van der Waals surface area contributed by atoms with Gasteiger partial charge >= 0.3 is 5.12 Å². The van der Waals surface area contributed by atoms with E-state index in [1.165, 1.54) is 103 Å². The van der Waals surface area contributed by atoms with Crippen molar-refractivity contribution in [3.05, 3.63) is 35.9 Å². The van der Waals surface area contributed by atoms with Crippen LogP contribution in [-0.2, 0) is 10.9 Å². The normalized spacial score (nSPS) is 12.2. The van der Waals surface area contributed by atoms with Gasteiger partial charge in [-0.2, -0.15) is 0 Å². The van der Waals surface area contributed by atoms with E-state index >= 15 is 0 Å². The Morgan fingerprint density at radius 3 is 1.46 bits per heavy atom. The molecule has 0 heterocycles. The largest absolute Gasteiger partial charge is 0.361 e. The molecule has 0 spiro atoms. The van der Waals surface area contributed by atoms with Gasteiger partial charge in [-0.05, 0) is 25.0 Å².